The predicted molar refractivity (Wildman–Crippen MR) is 103 cm³/mol. The molecule has 2 aromatic rings. The van der Waals surface area contributed by atoms with Crippen LogP contribution in [0.15, 0.2) is 41.3 Å². The van der Waals surface area contributed by atoms with Crippen molar-refractivity contribution in [3.8, 4) is 5.75 Å². The second kappa shape index (κ2) is 8.26. The van der Waals surface area contributed by atoms with Gasteiger partial charge in [-0.05, 0) is 38.1 Å². The van der Waals surface area contributed by atoms with Gasteiger partial charge in [0.1, 0.15) is 10.6 Å². The number of sulfonamides is 1. The summed E-state index contributed by atoms with van der Waals surface area (Å²) in [5.41, 5.74) is 0.466. The van der Waals surface area contributed by atoms with Crippen LogP contribution >= 0.6 is 23.2 Å². The molecule has 0 fully saturated rings. The highest BCUT2D eigenvalue weighted by molar-refractivity contribution is 7.89. The Bertz CT molecular complexity index is 930. The molecule has 2 rings (SSSR count). The molecule has 0 spiro atoms. The lowest BCUT2D eigenvalue weighted by atomic mass is 10.2. The van der Waals surface area contributed by atoms with Gasteiger partial charge in [-0.1, -0.05) is 29.3 Å². The maximum atomic E-state index is 12.6. The van der Waals surface area contributed by atoms with Gasteiger partial charge in [0.05, 0.1) is 22.7 Å². The Labute approximate surface area is 162 Å². The SMILES string of the molecule is COc1cccc(NC(=O)c2cc(S(=O)(=O)NC(C)C)c(Cl)cc2Cl)c1. The average Bonchev–Trinajstić information content (AvgIpc) is 2.53. The first-order chi connectivity index (χ1) is 12.1. The zero-order valence-electron chi connectivity index (χ0n) is 14.3. The van der Waals surface area contributed by atoms with Crippen molar-refractivity contribution >= 4 is 44.8 Å². The van der Waals surface area contributed by atoms with Crippen LogP contribution < -0.4 is 14.8 Å². The molecule has 2 aromatic carbocycles. The van der Waals surface area contributed by atoms with E-state index in [2.05, 4.69) is 10.0 Å². The molecule has 0 radical (unpaired) electrons. The fourth-order valence-corrected chi connectivity index (χ4v) is 4.29. The van der Waals surface area contributed by atoms with Crippen molar-refractivity contribution in [2.45, 2.75) is 24.8 Å². The number of benzene rings is 2. The summed E-state index contributed by atoms with van der Waals surface area (Å²) in [6.07, 6.45) is 0. The molecule has 6 nitrogen and oxygen atoms in total. The fourth-order valence-electron chi connectivity index (χ4n) is 2.18. The van der Waals surface area contributed by atoms with E-state index in [9.17, 15) is 13.2 Å². The molecular weight excluding hydrogens is 399 g/mol. The minimum Gasteiger partial charge on any atom is -0.497 e. The van der Waals surface area contributed by atoms with E-state index in [1.54, 1.807) is 38.1 Å². The zero-order chi connectivity index (χ0) is 19.5. The highest BCUT2D eigenvalue weighted by Gasteiger charge is 2.23. The van der Waals surface area contributed by atoms with Crippen molar-refractivity contribution in [3.05, 3.63) is 52.0 Å². The second-order valence-corrected chi connectivity index (χ2v) is 8.22. The van der Waals surface area contributed by atoms with E-state index in [4.69, 9.17) is 27.9 Å². The van der Waals surface area contributed by atoms with Gasteiger partial charge in [0.15, 0.2) is 0 Å². The molecule has 9 heteroatoms. The van der Waals surface area contributed by atoms with E-state index in [-0.39, 0.29) is 26.5 Å². The number of ether oxygens (including phenoxy) is 1. The molecule has 26 heavy (non-hydrogen) atoms. The van der Waals surface area contributed by atoms with E-state index in [1.807, 2.05) is 0 Å². The number of carbonyl (C=O) groups excluding carboxylic acids is 1. The Hall–Kier alpha value is -1.80. The van der Waals surface area contributed by atoms with Crippen LogP contribution in [0.2, 0.25) is 10.0 Å². The first-order valence-electron chi connectivity index (χ1n) is 7.61. The molecule has 1 amide bonds. The molecule has 0 atom stereocenters. The summed E-state index contributed by atoms with van der Waals surface area (Å²) >= 11 is 12.1. The third kappa shape index (κ3) is 4.88. The van der Waals surface area contributed by atoms with Crippen molar-refractivity contribution in [2.24, 2.45) is 0 Å². The molecule has 0 heterocycles. The predicted octanol–water partition coefficient (Wildman–Crippen LogP) is 3.94. The standard InChI is InChI=1S/C17H18Cl2N2O4S/c1-10(2)21-26(23,24)16-8-13(14(18)9-15(16)19)17(22)20-11-5-4-6-12(7-11)25-3/h4-10,21H,1-3H3,(H,20,22). The second-order valence-electron chi connectivity index (χ2n) is 5.72. The summed E-state index contributed by atoms with van der Waals surface area (Å²) in [4.78, 5) is 12.3. The lowest BCUT2D eigenvalue weighted by molar-refractivity contribution is 0.102. The van der Waals surface area contributed by atoms with E-state index >= 15 is 0 Å². The number of halogens is 2. The average molecular weight is 417 g/mol. The lowest BCUT2D eigenvalue weighted by Gasteiger charge is -2.14. The normalized spacial score (nSPS) is 11.5. The van der Waals surface area contributed by atoms with Gasteiger partial charge in [-0.2, -0.15) is 0 Å². The van der Waals surface area contributed by atoms with Crippen molar-refractivity contribution in [1.82, 2.24) is 4.72 Å². The summed E-state index contributed by atoms with van der Waals surface area (Å²) in [5, 5.41) is 2.62. The third-order valence-electron chi connectivity index (χ3n) is 3.27. The number of anilines is 1. The summed E-state index contributed by atoms with van der Waals surface area (Å²) in [7, 11) is -2.38. The molecule has 0 bridgehead atoms. The summed E-state index contributed by atoms with van der Waals surface area (Å²) in [6, 6.07) is 8.79. The van der Waals surface area contributed by atoms with Gasteiger partial charge in [0.25, 0.3) is 5.91 Å². The molecule has 0 aliphatic heterocycles. The Morgan fingerprint density at radius 3 is 2.42 bits per heavy atom. The smallest absolute Gasteiger partial charge is 0.257 e. The number of amides is 1. The van der Waals surface area contributed by atoms with Crippen LogP contribution in [0.25, 0.3) is 0 Å². The van der Waals surface area contributed by atoms with E-state index < -0.39 is 15.9 Å². The maximum absolute atomic E-state index is 12.6. The van der Waals surface area contributed by atoms with Gasteiger partial charge in [0.2, 0.25) is 10.0 Å². The Morgan fingerprint density at radius 1 is 1.12 bits per heavy atom. The minimum absolute atomic E-state index is 0.0111. The molecule has 0 aliphatic carbocycles. The zero-order valence-corrected chi connectivity index (χ0v) is 16.7. The Balaban J connectivity index is 2.39. The summed E-state index contributed by atoms with van der Waals surface area (Å²) in [6.45, 7) is 3.36. The van der Waals surface area contributed by atoms with Crippen LogP contribution in [0.5, 0.6) is 5.75 Å². The van der Waals surface area contributed by atoms with E-state index in [0.717, 1.165) is 6.07 Å². The van der Waals surface area contributed by atoms with Gasteiger partial charge in [0, 0.05) is 17.8 Å². The number of nitrogens with one attached hydrogen (secondary N) is 2. The molecule has 0 aromatic heterocycles. The Morgan fingerprint density at radius 2 is 1.81 bits per heavy atom. The maximum Gasteiger partial charge on any atom is 0.257 e. The number of hydrogen-bond donors (Lipinski definition) is 2. The number of rotatable bonds is 6. The number of carbonyl (C=O) groups is 1. The lowest BCUT2D eigenvalue weighted by Crippen LogP contribution is -2.30. The first kappa shape index (κ1) is 20.5. The van der Waals surface area contributed by atoms with Crippen LogP contribution in [-0.2, 0) is 10.0 Å². The fraction of sp³-hybridized carbons (Fsp3) is 0.235. The van der Waals surface area contributed by atoms with Gasteiger partial charge >= 0.3 is 0 Å². The minimum atomic E-state index is -3.89. The van der Waals surface area contributed by atoms with Gasteiger partial charge in [-0.25, -0.2) is 13.1 Å². The Kier molecular flexibility index (Phi) is 6.52. The summed E-state index contributed by atoms with van der Waals surface area (Å²) < 4.78 is 32.3. The highest BCUT2D eigenvalue weighted by atomic mass is 35.5. The molecule has 0 saturated carbocycles. The molecular formula is C17H18Cl2N2O4S. The van der Waals surface area contributed by atoms with Crippen LogP contribution in [0.1, 0.15) is 24.2 Å². The topological polar surface area (TPSA) is 84.5 Å². The van der Waals surface area contributed by atoms with Gasteiger partial charge < -0.3 is 10.1 Å². The first-order valence-corrected chi connectivity index (χ1v) is 9.84. The van der Waals surface area contributed by atoms with Crippen LogP contribution in [-0.4, -0.2) is 27.5 Å². The highest BCUT2D eigenvalue weighted by Crippen LogP contribution is 2.29. The van der Waals surface area contributed by atoms with E-state index in [1.165, 1.54) is 13.2 Å². The van der Waals surface area contributed by atoms with Crippen molar-refractivity contribution in [1.29, 1.82) is 0 Å². The molecule has 0 aliphatic rings. The largest absolute Gasteiger partial charge is 0.497 e. The monoisotopic (exact) mass is 416 g/mol. The third-order valence-corrected chi connectivity index (χ3v) is 5.71. The van der Waals surface area contributed by atoms with E-state index in [0.29, 0.717) is 11.4 Å². The van der Waals surface area contributed by atoms with Crippen LogP contribution in [0.4, 0.5) is 5.69 Å². The van der Waals surface area contributed by atoms with Crippen LogP contribution in [0.3, 0.4) is 0 Å². The molecule has 0 unspecified atom stereocenters. The quantitative estimate of drug-likeness (QED) is 0.746. The van der Waals surface area contributed by atoms with Gasteiger partial charge in [-0.15, -0.1) is 0 Å². The van der Waals surface area contributed by atoms with Crippen molar-refractivity contribution < 1.29 is 17.9 Å². The molecule has 0 saturated heterocycles. The van der Waals surface area contributed by atoms with Crippen LogP contribution in [0, 0.1) is 0 Å². The van der Waals surface area contributed by atoms with Crippen molar-refractivity contribution in [2.75, 3.05) is 12.4 Å². The van der Waals surface area contributed by atoms with Gasteiger partial charge in [-0.3, -0.25) is 4.79 Å². The number of methoxy groups -OCH3 is 1. The van der Waals surface area contributed by atoms with Crippen molar-refractivity contribution in [3.63, 3.8) is 0 Å². The molecule has 140 valence electrons. The summed E-state index contributed by atoms with van der Waals surface area (Å²) in [5.74, 6) is -0.00433. The molecule has 2 N–H and O–H groups in total. The number of hydrogen-bond acceptors (Lipinski definition) is 4.